The number of rotatable bonds is 2. The number of amides is 1. The number of para-hydroxylation sites is 1. The molecule has 2 aromatic rings. The largest absolute Gasteiger partial charge is 0.495 e. The zero-order valence-corrected chi connectivity index (χ0v) is 12.3. The maximum absolute atomic E-state index is 12.7. The van der Waals surface area contributed by atoms with E-state index in [-0.39, 0.29) is 16.8 Å². The van der Waals surface area contributed by atoms with Crippen molar-refractivity contribution < 1.29 is 9.53 Å². The van der Waals surface area contributed by atoms with E-state index in [1.807, 2.05) is 18.2 Å². The Hall–Kier alpha value is -2.14. The van der Waals surface area contributed by atoms with Gasteiger partial charge in [0.25, 0.3) is 5.91 Å². The minimum absolute atomic E-state index is 0.190. The molecule has 0 bridgehead atoms. The van der Waals surface area contributed by atoms with Gasteiger partial charge in [-0.1, -0.05) is 23.7 Å². The lowest BCUT2D eigenvalue weighted by Gasteiger charge is -2.30. The number of nitrogens with zero attached hydrogens (tertiary/aromatic N) is 3. The molecule has 0 radical (unpaired) electrons. The summed E-state index contributed by atoms with van der Waals surface area (Å²) in [6.45, 7) is 0.635. The molecule has 0 N–H and O–H groups in total. The monoisotopic (exact) mass is 303 g/mol. The van der Waals surface area contributed by atoms with Crippen molar-refractivity contribution in [1.82, 2.24) is 10.2 Å². The van der Waals surface area contributed by atoms with E-state index in [1.54, 1.807) is 24.1 Å². The zero-order chi connectivity index (χ0) is 14.8. The van der Waals surface area contributed by atoms with Gasteiger partial charge in [0.2, 0.25) is 0 Å². The van der Waals surface area contributed by atoms with Gasteiger partial charge in [0.15, 0.2) is 10.8 Å². The van der Waals surface area contributed by atoms with Crippen LogP contribution >= 0.6 is 11.6 Å². The molecule has 0 fully saturated rings. The van der Waals surface area contributed by atoms with Crippen molar-refractivity contribution in [3.05, 3.63) is 46.7 Å². The highest BCUT2D eigenvalue weighted by molar-refractivity contribution is 6.29. The molecule has 5 nitrogen and oxygen atoms in total. The summed E-state index contributed by atoms with van der Waals surface area (Å²) in [6, 6.07) is 8.97. The highest BCUT2D eigenvalue weighted by atomic mass is 35.5. The molecule has 1 aromatic heterocycles. The predicted molar refractivity (Wildman–Crippen MR) is 80.0 cm³/mol. The van der Waals surface area contributed by atoms with Crippen LogP contribution in [0, 0.1) is 0 Å². The minimum atomic E-state index is -0.190. The van der Waals surface area contributed by atoms with E-state index in [0.29, 0.717) is 12.3 Å². The number of aromatic nitrogens is 2. The first-order chi connectivity index (χ1) is 10.2. The van der Waals surface area contributed by atoms with Crippen molar-refractivity contribution in [3.8, 4) is 5.75 Å². The number of carbonyl (C=O) groups is 1. The quantitative estimate of drug-likeness (QED) is 0.856. The van der Waals surface area contributed by atoms with E-state index >= 15 is 0 Å². The van der Waals surface area contributed by atoms with Gasteiger partial charge in [0.1, 0.15) is 5.75 Å². The fourth-order valence-corrected chi connectivity index (χ4v) is 2.65. The number of fused-ring (bicyclic) bond motifs is 1. The summed E-state index contributed by atoms with van der Waals surface area (Å²) in [5.74, 6) is 0.507. The highest BCUT2D eigenvalue weighted by Crippen LogP contribution is 2.36. The summed E-state index contributed by atoms with van der Waals surface area (Å²) in [7, 11) is 1.61. The van der Waals surface area contributed by atoms with Crippen LogP contribution in [0.15, 0.2) is 30.3 Å². The molecule has 0 aliphatic carbocycles. The van der Waals surface area contributed by atoms with Crippen molar-refractivity contribution in [2.75, 3.05) is 18.6 Å². The second-order valence-electron chi connectivity index (χ2n) is 4.77. The van der Waals surface area contributed by atoms with Crippen molar-refractivity contribution in [2.24, 2.45) is 0 Å². The van der Waals surface area contributed by atoms with Crippen LogP contribution in [0.4, 0.5) is 5.69 Å². The first-order valence-electron chi connectivity index (χ1n) is 6.67. The molecule has 1 amide bonds. The fraction of sp³-hybridized carbons (Fsp3) is 0.267. The van der Waals surface area contributed by atoms with Crippen LogP contribution in [0.1, 0.15) is 22.5 Å². The standard InChI is InChI=1S/C15H14ClN3O2/c1-21-12-6-2-4-10-5-3-9-19(14(10)12)15(20)11-7-8-13(16)18-17-11/h2,4,6-8H,3,5,9H2,1H3. The smallest absolute Gasteiger partial charge is 0.278 e. The van der Waals surface area contributed by atoms with E-state index in [1.165, 1.54) is 0 Å². The summed E-state index contributed by atoms with van der Waals surface area (Å²) >= 11 is 5.71. The molecular formula is C15H14ClN3O2. The Kier molecular flexibility index (Phi) is 3.75. The molecule has 1 aromatic carbocycles. The number of hydrogen-bond donors (Lipinski definition) is 0. The molecule has 0 saturated heterocycles. The molecule has 0 spiro atoms. The van der Waals surface area contributed by atoms with Gasteiger partial charge in [0, 0.05) is 6.54 Å². The van der Waals surface area contributed by atoms with Gasteiger partial charge in [-0.25, -0.2) is 0 Å². The number of anilines is 1. The number of benzene rings is 1. The Morgan fingerprint density at radius 2 is 2.14 bits per heavy atom. The lowest BCUT2D eigenvalue weighted by molar-refractivity contribution is 0.0978. The normalized spacial score (nSPS) is 13.7. The molecule has 108 valence electrons. The van der Waals surface area contributed by atoms with Gasteiger partial charge >= 0.3 is 0 Å². The van der Waals surface area contributed by atoms with Crippen LogP contribution < -0.4 is 9.64 Å². The predicted octanol–water partition coefficient (Wildman–Crippen LogP) is 2.73. The van der Waals surface area contributed by atoms with Crippen molar-refractivity contribution >= 4 is 23.2 Å². The van der Waals surface area contributed by atoms with E-state index in [2.05, 4.69) is 10.2 Å². The molecule has 21 heavy (non-hydrogen) atoms. The van der Waals surface area contributed by atoms with E-state index in [0.717, 1.165) is 24.1 Å². The molecule has 3 rings (SSSR count). The van der Waals surface area contributed by atoms with E-state index < -0.39 is 0 Å². The average molecular weight is 304 g/mol. The maximum atomic E-state index is 12.7. The van der Waals surface area contributed by atoms with Crippen LogP contribution in [0.2, 0.25) is 5.15 Å². The number of carbonyl (C=O) groups excluding carboxylic acids is 1. The second kappa shape index (κ2) is 5.69. The van der Waals surface area contributed by atoms with E-state index in [9.17, 15) is 4.79 Å². The summed E-state index contributed by atoms with van der Waals surface area (Å²) in [5, 5.41) is 7.86. The molecule has 2 heterocycles. The Labute approximate surface area is 127 Å². The van der Waals surface area contributed by atoms with Crippen LogP contribution in [-0.4, -0.2) is 29.8 Å². The Balaban J connectivity index is 2.01. The third-order valence-electron chi connectivity index (χ3n) is 3.50. The molecule has 1 aliphatic heterocycles. The lowest BCUT2D eigenvalue weighted by Crippen LogP contribution is -2.36. The van der Waals surface area contributed by atoms with Crippen LogP contribution in [0.5, 0.6) is 5.75 Å². The topological polar surface area (TPSA) is 55.3 Å². The average Bonchev–Trinajstić information content (AvgIpc) is 2.53. The molecule has 6 heteroatoms. The number of ether oxygens (including phenoxy) is 1. The Morgan fingerprint density at radius 3 is 2.86 bits per heavy atom. The van der Waals surface area contributed by atoms with E-state index in [4.69, 9.17) is 16.3 Å². The van der Waals surface area contributed by atoms with Gasteiger partial charge < -0.3 is 9.64 Å². The minimum Gasteiger partial charge on any atom is -0.495 e. The number of aryl methyl sites for hydroxylation is 1. The first-order valence-corrected chi connectivity index (χ1v) is 7.05. The number of methoxy groups -OCH3 is 1. The molecule has 0 unspecified atom stereocenters. The van der Waals surface area contributed by atoms with Crippen molar-refractivity contribution in [1.29, 1.82) is 0 Å². The van der Waals surface area contributed by atoms with Gasteiger partial charge in [-0.05, 0) is 36.6 Å². The highest BCUT2D eigenvalue weighted by Gasteiger charge is 2.27. The Bertz CT molecular complexity index is 659. The summed E-state index contributed by atoms with van der Waals surface area (Å²) in [4.78, 5) is 14.4. The summed E-state index contributed by atoms with van der Waals surface area (Å²) < 4.78 is 5.40. The third kappa shape index (κ3) is 2.56. The van der Waals surface area contributed by atoms with Gasteiger partial charge in [0.05, 0.1) is 12.8 Å². The SMILES string of the molecule is COc1cccc2c1N(C(=O)c1ccc(Cl)nn1)CCC2. The van der Waals surface area contributed by atoms with Crippen LogP contribution in [0.3, 0.4) is 0 Å². The third-order valence-corrected chi connectivity index (χ3v) is 3.70. The van der Waals surface area contributed by atoms with Crippen LogP contribution in [0.25, 0.3) is 0 Å². The molecular weight excluding hydrogens is 290 g/mol. The zero-order valence-electron chi connectivity index (χ0n) is 11.5. The second-order valence-corrected chi connectivity index (χ2v) is 5.16. The lowest BCUT2D eigenvalue weighted by atomic mass is 10.0. The number of hydrogen-bond acceptors (Lipinski definition) is 4. The van der Waals surface area contributed by atoms with Crippen molar-refractivity contribution in [3.63, 3.8) is 0 Å². The summed E-state index contributed by atoms with van der Waals surface area (Å²) in [5.41, 5.74) is 2.21. The fourth-order valence-electron chi connectivity index (χ4n) is 2.55. The van der Waals surface area contributed by atoms with Gasteiger partial charge in [-0.15, -0.1) is 10.2 Å². The summed E-state index contributed by atoms with van der Waals surface area (Å²) in [6.07, 6.45) is 1.84. The van der Waals surface area contributed by atoms with Gasteiger partial charge in [-0.2, -0.15) is 0 Å². The maximum Gasteiger partial charge on any atom is 0.278 e. The van der Waals surface area contributed by atoms with Crippen molar-refractivity contribution in [2.45, 2.75) is 12.8 Å². The Morgan fingerprint density at radius 1 is 1.29 bits per heavy atom. The van der Waals surface area contributed by atoms with Gasteiger partial charge in [-0.3, -0.25) is 4.79 Å². The molecule has 0 atom stereocenters. The first kappa shape index (κ1) is 13.8. The van der Waals surface area contributed by atoms with Crippen LogP contribution in [-0.2, 0) is 6.42 Å². The number of halogens is 1. The molecule has 1 aliphatic rings. The molecule has 0 saturated carbocycles.